The topological polar surface area (TPSA) is 52.1 Å². The summed E-state index contributed by atoms with van der Waals surface area (Å²) < 4.78 is 19.9. The highest BCUT2D eigenvalue weighted by Crippen LogP contribution is 2.21. The SMILES string of the molecule is CN=C(NCCCN1CCCCCC1)NCc1ccc(N2CCOCC2)c(F)c1.I. The third-order valence-electron chi connectivity index (χ3n) is 5.69. The number of morpholine rings is 1. The molecule has 2 aliphatic heterocycles. The van der Waals surface area contributed by atoms with Crippen LogP contribution in [0.5, 0.6) is 0 Å². The zero-order valence-electron chi connectivity index (χ0n) is 18.2. The molecule has 2 fully saturated rings. The van der Waals surface area contributed by atoms with Crippen molar-refractivity contribution in [1.29, 1.82) is 0 Å². The predicted molar refractivity (Wildman–Crippen MR) is 133 cm³/mol. The summed E-state index contributed by atoms with van der Waals surface area (Å²) in [5.74, 6) is 0.588. The first kappa shape index (κ1) is 25.1. The maximum absolute atomic E-state index is 14.5. The highest BCUT2D eigenvalue weighted by molar-refractivity contribution is 14.0. The third-order valence-corrected chi connectivity index (χ3v) is 5.69. The van der Waals surface area contributed by atoms with Crippen LogP contribution >= 0.6 is 24.0 Å². The van der Waals surface area contributed by atoms with Gasteiger partial charge in [-0.25, -0.2) is 4.39 Å². The molecular weight excluding hydrogens is 496 g/mol. The Morgan fingerprint density at radius 2 is 1.80 bits per heavy atom. The van der Waals surface area contributed by atoms with Crippen LogP contribution in [0.25, 0.3) is 0 Å². The van der Waals surface area contributed by atoms with Crippen molar-refractivity contribution in [1.82, 2.24) is 15.5 Å². The number of aliphatic imine (C=N–C) groups is 1. The minimum absolute atomic E-state index is 0. The summed E-state index contributed by atoms with van der Waals surface area (Å²) in [5.41, 5.74) is 1.57. The Kier molecular flexibility index (Phi) is 11.8. The van der Waals surface area contributed by atoms with E-state index in [0.29, 0.717) is 25.4 Å². The van der Waals surface area contributed by atoms with Crippen LogP contribution < -0.4 is 15.5 Å². The van der Waals surface area contributed by atoms with Gasteiger partial charge in [0.15, 0.2) is 5.96 Å². The number of ether oxygens (including phenoxy) is 1. The van der Waals surface area contributed by atoms with Crippen molar-refractivity contribution in [3.8, 4) is 0 Å². The Hall–Kier alpha value is -1.13. The van der Waals surface area contributed by atoms with Gasteiger partial charge < -0.3 is 25.2 Å². The molecule has 0 atom stereocenters. The standard InChI is InChI=1S/C22H36FN5O.HI/c1-24-22(25-9-6-12-27-10-4-2-3-5-11-27)26-18-19-7-8-21(20(23)17-19)28-13-15-29-16-14-28;/h7-8,17H,2-6,9-16,18H2,1H3,(H2,24,25,26);1H. The summed E-state index contributed by atoms with van der Waals surface area (Å²) in [4.78, 5) is 8.90. The Morgan fingerprint density at radius 3 is 2.47 bits per heavy atom. The number of hydrogen-bond acceptors (Lipinski definition) is 4. The summed E-state index contributed by atoms with van der Waals surface area (Å²) in [7, 11) is 1.77. The highest BCUT2D eigenvalue weighted by Gasteiger charge is 2.15. The molecule has 2 aliphatic rings. The second-order valence-corrected chi connectivity index (χ2v) is 7.85. The first-order valence-corrected chi connectivity index (χ1v) is 11.0. The molecule has 0 radical (unpaired) electrons. The molecule has 0 spiro atoms. The molecule has 170 valence electrons. The van der Waals surface area contributed by atoms with Crippen molar-refractivity contribution >= 4 is 35.6 Å². The molecule has 0 aromatic heterocycles. The van der Waals surface area contributed by atoms with Gasteiger partial charge >= 0.3 is 0 Å². The smallest absolute Gasteiger partial charge is 0.191 e. The van der Waals surface area contributed by atoms with Crippen LogP contribution in [0.1, 0.15) is 37.7 Å². The summed E-state index contributed by atoms with van der Waals surface area (Å²) in [6.07, 6.45) is 6.51. The number of rotatable bonds is 7. The number of nitrogens with zero attached hydrogens (tertiary/aromatic N) is 3. The molecule has 0 aliphatic carbocycles. The maximum atomic E-state index is 14.5. The first-order valence-electron chi connectivity index (χ1n) is 11.0. The molecule has 2 heterocycles. The van der Waals surface area contributed by atoms with Crippen molar-refractivity contribution in [2.24, 2.45) is 4.99 Å². The minimum atomic E-state index is -0.174. The molecule has 2 N–H and O–H groups in total. The largest absolute Gasteiger partial charge is 0.378 e. The van der Waals surface area contributed by atoms with Crippen LogP contribution in [0.3, 0.4) is 0 Å². The lowest BCUT2D eigenvalue weighted by molar-refractivity contribution is 0.122. The lowest BCUT2D eigenvalue weighted by Crippen LogP contribution is -2.38. The van der Waals surface area contributed by atoms with Crippen LogP contribution in [0.2, 0.25) is 0 Å². The van der Waals surface area contributed by atoms with E-state index in [9.17, 15) is 4.39 Å². The second-order valence-electron chi connectivity index (χ2n) is 7.85. The highest BCUT2D eigenvalue weighted by atomic mass is 127. The molecule has 1 aromatic rings. The predicted octanol–water partition coefficient (Wildman–Crippen LogP) is 3.21. The minimum Gasteiger partial charge on any atom is -0.378 e. The molecule has 0 amide bonds. The Labute approximate surface area is 197 Å². The fourth-order valence-corrected chi connectivity index (χ4v) is 4.00. The van der Waals surface area contributed by atoms with Gasteiger partial charge in [-0.2, -0.15) is 0 Å². The Balaban J connectivity index is 0.00000320. The number of guanidine groups is 1. The van der Waals surface area contributed by atoms with Crippen LogP contribution in [-0.2, 0) is 11.3 Å². The number of halogens is 2. The van der Waals surface area contributed by atoms with E-state index in [2.05, 4.69) is 20.5 Å². The van der Waals surface area contributed by atoms with E-state index in [1.54, 1.807) is 13.1 Å². The number of anilines is 1. The third kappa shape index (κ3) is 8.19. The van der Waals surface area contributed by atoms with Crippen molar-refractivity contribution in [2.45, 2.75) is 38.6 Å². The van der Waals surface area contributed by atoms with E-state index >= 15 is 0 Å². The molecule has 6 nitrogen and oxygen atoms in total. The van der Waals surface area contributed by atoms with Gasteiger partial charge in [0.1, 0.15) is 5.82 Å². The van der Waals surface area contributed by atoms with E-state index in [0.717, 1.165) is 44.1 Å². The van der Waals surface area contributed by atoms with Gasteiger partial charge in [-0.3, -0.25) is 4.99 Å². The maximum Gasteiger partial charge on any atom is 0.191 e. The van der Waals surface area contributed by atoms with Gasteiger partial charge in [-0.1, -0.05) is 18.9 Å². The lowest BCUT2D eigenvalue weighted by Gasteiger charge is -2.29. The fourth-order valence-electron chi connectivity index (χ4n) is 4.00. The van der Waals surface area contributed by atoms with Crippen LogP contribution in [-0.4, -0.2) is 70.4 Å². The summed E-state index contributed by atoms with van der Waals surface area (Å²) in [6, 6.07) is 5.47. The number of nitrogens with one attached hydrogen (secondary N) is 2. The Morgan fingerprint density at radius 1 is 1.07 bits per heavy atom. The van der Waals surface area contributed by atoms with Gasteiger partial charge in [0.05, 0.1) is 18.9 Å². The molecule has 30 heavy (non-hydrogen) atoms. The van der Waals surface area contributed by atoms with E-state index in [1.165, 1.54) is 38.8 Å². The first-order chi connectivity index (χ1) is 14.3. The molecule has 1 aromatic carbocycles. The number of hydrogen-bond donors (Lipinski definition) is 2. The summed E-state index contributed by atoms with van der Waals surface area (Å²) >= 11 is 0. The van der Waals surface area contributed by atoms with E-state index in [-0.39, 0.29) is 29.8 Å². The fraction of sp³-hybridized carbons (Fsp3) is 0.682. The molecule has 0 unspecified atom stereocenters. The van der Waals surface area contributed by atoms with Crippen LogP contribution in [0.15, 0.2) is 23.2 Å². The molecule has 8 heteroatoms. The van der Waals surface area contributed by atoms with Crippen LogP contribution in [0, 0.1) is 5.82 Å². The second kappa shape index (κ2) is 14.0. The van der Waals surface area contributed by atoms with Gasteiger partial charge in [-0.15, -0.1) is 24.0 Å². The van der Waals surface area contributed by atoms with Gasteiger partial charge in [0.25, 0.3) is 0 Å². The molecule has 3 rings (SSSR count). The summed E-state index contributed by atoms with van der Waals surface area (Å²) in [6.45, 7) is 7.83. The molecule has 0 bridgehead atoms. The molecule has 0 saturated carbocycles. The number of benzene rings is 1. The number of likely N-dealkylation sites (tertiary alicyclic amines) is 1. The average molecular weight is 533 g/mol. The van der Waals surface area contributed by atoms with E-state index in [1.807, 2.05) is 17.0 Å². The molecular formula is C22H37FIN5O. The molecule has 2 saturated heterocycles. The Bertz CT molecular complexity index is 646. The zero-order chi connectivity index (χ0) is 20.3. The quantitative estimate of drug-likeness (QED) is 0.244. The van der Waals surface area contributed by atoms with Crippen molar-refractivity contribution in [3.63, 3.8) is 0 Å². The average Bonchev–Trinajstić information content (AvgIpc) is 3.03. The normalized spacial score (nSPS) is 18.5. The lowest BCUT2D eigenvalue weighted by atomic mass is 10.1. The van der Waals surface area contributed by atoms with Crippen molar-refractivity contribution in [2.75, 3.05) is 64.4 Å². The van der Waals surface area contributed by atoms with Crippen LogP contribution in [0.4, 0.5) is 10.1 Å². The van der Waals surface area contributed by atoms with Gasteiger partial charge in [0.2, 0.25) is 0 Å². The van der Waals surface area contributed by atoms with Gasteiger partial charge in [-0.05, 0) is 56.6 Å². The monoisotopic (exact) mass is 533 g/mol. The van der Waals surface area contributed by atoms with E-state index in [4.69, 9.17) is 4.74 Å². The van der Waals surface area contributed by atoms with Gasteiger partial charge in [0, 0.05) is 33.2 Å². The summed E-state index contributed by atoms with van der Waals surface area (Å²) in [5, 5.41) is 6.65. The zero-order valence-corrected chi connectivity index (χ0v) is 20.5. The van der Waals surface area contributed by atoms with E-state index < -0.39 is 0 Å². The van der Waals surface area contributed by atoms with Crippen molar-refractivity contribution < 1.29 is 9.13 Å². The van der Waals surface area contributed by atoms with Crippen molar-refractivity contribution in [3.05, 3.63) is 29.6 Å².